The Balaban J connectivity index is 1.68. The normalized spacial score (nSPS) is 12.0. The molecule has 0 aliphatic rings. The van der Waals surface area contributed by atoms with E-state index in [0.29, 0.717) is 4.90 Å². The monoisotopic (exact) mass is 353 g/mol. The molecule has 5 heteroatoms. The lowest BCUT2D eigenvalue weighted by Crippen LogP contribution is -2.23. The summed E-state index contributed by atoms with van der Waals surface area (Å²) in [6, 6.07) is 20.9. The van der Waals surface area contributed by atoms with Gasteiger partial charge < -0.3 is 0 Å². The lowest BCUT2D eigenvalue weighted by Gasteiger charge is -2.09. The van der Waals surface area contributed by atoms with Gasteiger partial charge in [0.1, 0.15) is 0 Å². The molecule has 0 fully saturated rings. The highest BCUT2D eigenvalue weighted by atomic mass is 32.2. The molecule has 0 amide bonds. The third-order valence-corrected chi connectivity index (χ3v) is 6.52. The standard InChI is InChI=1S/C19H15NO2S2/c21-24(22,19-11-5-7-14-6-1-2-9-17(14)19)20-12-15-13-23-18-10-4-3-8-16(15)18/h1-11,13,20H,12H2. The number of rotatable bonds is 4. The Labute approximate surface area is 144 Å². The molecule has 0 atom stereocenters. The Kier molecular flexibility index (Phi) is 3.84. The topological polar surface area (TPSA) is 46.2 Å². The van der Waals surface area contributed by atoms with Crippen LogP contribution in [0.5, 0.6) is 0 Å². The summed E-state index contributed by atoms with van der Waals surface area (Å²) in [6.45, 7) is 0.287. The predicted octanol–water partition coefficient (Wildman–Crippen LogP) is 4.53. The molecular formula is C19H15NO2S2. The number of hydrogen-bond donors (Lipinski definition) is 1. The first kappa shape index (κ1) is 15.3. The van der Waals surface area contributed by atoms with Crippen molar-refractivity contribution in [3.05, 3.63) is 77.7 Å². The first-order valence-electron chi connectivity index (χ1n) is 7.58. The van der Waals surface area contributed by atoms with Crippen LogP contribution in [-0.2, 0) is 16.6 Å². The summed E-state index contributed by atoms with van der Waals surface area (Å²) in [5, 5.41) is 4.77. The van der Waals surface area contributed by atoms with Gasteiger partial charge in [-0.2, -0.15) is 0 Å². The number of hydrogen-bond acceptors (Lipinski definition) is 3. The fourth-order valence-electron chi connectivity index (χ4n) is 2.85. The Hall–Kier alpha value is -2.21. The van der Waals surface area contributed by atoms with Gasteiger partial charge in [-0.1, -0.05) is 54.6 Å². The van der Waals surface area contributed by atoms with Gasteiger partial charge in [0.05, 0.1) is 4.90 Å². The number of thiophene rings is 1. The van der Waals surface area contributed by atoms with Gasteiger partial charge >= 0.3 is 0 Å². The largest absolute Gasteiger partial charge is 0.241 e. The SMILES string of the molecule is O=S(=O)(NCc1csc2ccccc12)c1cccc2ccccc12. The molecule has 0 unspecified atom stereocenters. The first-order chi connectivity index (χ1) is 11.6. The lowest BCUT2D eigenvalue weighted by molar-refractivity contribution is 0.582. The second-order valence-electron chi connectivity index (χ2n) is 5.56. The van der Waals surface area contributed by atoms with Gasteiger partial charge in [-0.15, -0.1) is 11.3 Å². The Morgan fingerprint density at radius 1 is 0.833 bits per heavy atom. The molecule has 1 aromatic heterocycles. The summed E-state index contributed by atoms with van der Waals surface area (Å²) in [4.78, 5) is 0.320. The average Bonchev–Trinajstić information content (AvgIpc) is 3.03. The van der Waals surface area contributed by atoms with Crippen LogP contribution in [0.2, 0.25) is 0 Å². The van der Waals surface area contributed by atoms with E-state index in [2.05, 4.69) is 4.72 Å². The zero-order valence-electron chi connectivity index (χ0n) is 12.8. The van der Waals surface area contributed by atoms with Crippen LogP contribution in [0.1, 0.15) is 5.56 Å². The summed E-state index contributed by atoms with van der Waals surface area (Å²) < 4.78 is 29.4. The van der Waals surface area contributed by atoms with Crippen LogP contribution in [0.25, 0.3) is 20.9 Å². The molecule has 0 aliphatic carbocycles. The van der Waals surface area contributed by atoms with E-state index < -0.39 is 10.0 Å². The molecule has 4 rings (SSSR count). The van der Waals surface area contributed by atoms with E-state index in [1.54, 1.807) is 23.5 Å². The van der Waals surface area contributed by atoms with E-state index in [9.17, 15) is 8.42 Å². The summed E-state index contributed by atoms with van der Waals surface area (Å²) in [5.74, 6) is 0. The van der Waals surface area contributed by atoms with Crippen molar-refractivity contribution < 1.29 is 8.42 Å². The molecular weight excluding hydrogens is 338 g/mol. The smallest absolute Gasteiger partial charge is 0.207 e. The maximum atomic E-state index is 12.8. The fraction of sp³-hybridized carbons (Fsp3) is 0.0526. The molecule has 3 aromatic carbocycles. The van der Waals surface area contributed by atoms with Crippen molar-refractivity contribution in [3.63, 3.8) is 0 Å². The van der Waals surface area contributed by atoms with Crippen molar-refractivity contribution in [2.75, 3.05) is 0 Å². The van der Waals surface area contributed by atoms with Gasteiger partial charge in [-0.25, -0.2) is 13.1 Å². The Morgan fingerprint density at radius 2 is 1.54 bits per heavy atom. The molecule has 0 saturated heterocycles. The third-order valence-electron chi connectivity index (χ3n) is 4.05. The zero-order chi connectivity index (χ0) is 16.6. The van der Waals surface area contributed by atoms with Crippen LogP contribution in [0.15, 0.2) is 77.0 Å². The van der Waals surface area contributed by atoms with E-state index in [-0.39, 0.29) is 6.54 Å². The zero-order valence-corrected chi connectivity index (χ0v) is 14.4. The second-order valence-corrected chi connectivity index (χ2v) is 8.21. The van der Waals surface area contributed by atoms with Crippen LogP contribution >= 0.6 is 11.3 Å². The van der Waals surface area contributed by atoms with Gasteiger partial charge in [0.25, 0.3) is 0 Å². The van der Waals surface area contributed by atoms with Crippen molar-refractivity contribution in [1.82, 2.24) is 4.72 Å². The molecule has 0 bridgehead atoms. The fourth-order valence-corrected chi connectivity index (χ4v) is 5.05. The minimum Gasteiger partial charge on any atom is -0.207 e. The van der Waals surface area contributed by atoms with Crippen molar-refractivity contribution >= 4 is 42.2 Å². The van der Waals surface area contributed by atoms with Gasteiger partial charge in [0.15, 0.2) is 0 Å². The van der Waals surface area contributed by atoms with Crippen LogP contribution in [-0.4, -0.2) is 8.42 Å². The Bertz CT molecular complexity index is 1130. The highest BCUT2D eigenvalue weighted by Crippen LogP contribution is 2.27. The lowest BCUT2D eigenvalue weighted by atomic mass is 10.1. The molecule has 0 aliphatic heterocycles. The maximum Gasteiger partial charge on any atom is 0.241 e. The number of sulfonamides is 1. The van der Waals surface area contributed by atoms with E-state index in [4.69, 9.17) is 0 Å². The van der Waals surface area contributed by atoms with Gasteiger partial charge in [-0.3, -0.25) is 0 Å². The van der Waals surface area contributed by atoms with Crippen LogP contribution in [0.4, 0.5) is 0 Å². The molecule has 4 aromatic rings. The maximum absolute atomic E-state index is 12.8. The summed E-state index contributed by atoms with van der Waals surface area (Å²) in [7, 11) is -3.58. The number of benzene rings is 3. The highest BCUT2D eigenvalue weighted by molar-refractivity contribution is 7.89. The van der Waals surface area contributed by atoms with E-state index in [0.717, 1.165) is 26.4 Å². The van der Waals surface area contributed by atoms with Crippen molar-refractivity contribution in [1.29, 1.82) is 0 Å². The van der Waals surface area contributed by atoms with Crippen LogP contribution in [0.3, 0.4) is 0 Å². The molecule has 3 nitrogen and oxygen atoms in total. The van der Waals surface area contributed by atoms with Crippen molar-refractivity contribution in [3.8, 4) is 0 Å². The molecule has 1 N–H and O–H groups in total. The van der Waals surface area contributed by atoms with Gasteiger partial charge in [0, 0.05) is 16.6 Å². The van der Waals surface area contributed by atoms with Gasteiger partial charge in [-0.05, 0) is 33.8 Å². The summed E-state index contributed by atoms with van der Waals surface area (Å²) in [5.41, 5.74) is 0.999. The Morgan fingerprint density at radius 3 is 2.42 bits per heavy atom. The van der Waals surface area contributed by atoms with Crippen molar-refractivity contribution in [2.45, 2.75) is 11.4 Å². The van der Waals surface area contributed by atoms with E-state index in [1.165, 1.54) is 0 Å². The van der Waals surface area contributed by atoms with E-state index in [1.807, 2.05) is 60.0 Å². The minimum atomic E-state index is -3.58. The molecule has 0 spiro atoms. The van der Waals surface area contributed by atoms with Crippen LogP contribution in [0, 0.1) is 0 Å². The first-order valence-corrected chi connectivity index (χ1v) is 9.94. The van der Waals surface area contributed by atoms with Crippen molar-refractivity contribution in [2.24, 2.45) is 0 Å². The molecule has 120 valence electrons. The summed E-state index contributed by atoms with van der Waals surface area (Å²) >= 11 is 1.63. The molecule has 0 saturated carbocycles. The average molecular weight is 353 g/mol. The molecule has 0 radical (unpaired) electrons. The van der Waals surface area contributed by atoms with Crippen LogP contribution < -0.4 is 4.72 Å². The predicted molar refractivity (Wildman–Crippen MR) is 99.8 cm³/mol. The highest BCUT2D eigenvalue weighted by Gasteiger charge is 2.17. The second kappa shape index (κ2) is 6.02. The third kappa shape index (κ3) is 2.71. The number of nitrogens with one attached hydrogen (secondary N) is 1. The van der Waals surface area contributed by atoms with Gasteiger partial charge in [0.2, 0.25) is 10.0 Å². The molecule has 1 heterocycles. The number of fused-ring (bicyclic) bond motifs is 2. The molecule has 24 heavy (non-hydrogen) atoms. The summed E-state index contributed by atoms with van der Waals surface area (Å²) in [6.07, 6.45) is 0. The minimum absolute atomic E-state index is 0.287. The quantitative estimate of drug-likeness (QED) is 0.586. The van der Waals surface area contributed by atoms with E-state index >= 15 is 0 Å².